The van der Waals surface area contributed by atoms with Crippen molar-refractivity contribution in [3.63, 3.8) is 0 Å². The summed E-state index contributed by atoms with van der Waals surface area (Å²) in [6.07, 6.45) is 8.63. The van der Waals surface area contributed by atoms with Gasteiger partial charge in [0.2, 0.25) is 0 Å². The number of esters is 1. The molecule has 0 N–H and O–H groups in total. The Bertz CT molecular complexity index is 432. The van der Waals surface area contributed by atoms with Gasteiger partial charge in [0.1, 0.15) is 0 Å². The molecule has 0 aliphatic rings. The lowest BCUT2D eigenvalue weighted by atomic mass is 9.84. The molecule has 0 radical (unpaired) electrons. The third-order valence-electron chi connectivity index (χ3n) is 3.23. The molecule has 2 nitrogen and oxygen atoms in total. The second-order valence-corrected chi connectivity index (χ2v) is 4.56. The maximum Gasteiger partial charge on any atom is 0.330 e. The zero-order valence-electron chi connectivity index (χ0n) is 11.9. The number of ether oxygens (including phenoxy) is 1. The molecule has 19 heavy (non-hydrogen) atoms. The summed E-state index contributed by atoms with van der Waals surface area (Å²) in [5.74, 6) is 0.348. The van der Waals surface area contributed by atoms with Crippen LogP contribution in [0.15, 0.2) is 54.6 Å². The van der Waals surface area contributed by atoms with Gasteiger partial charge >= 0.3 is 5.97 Å². The maximum atomic E-state index is 11.2. The predicted octanol–water partition coefficient (Wildman–Crippen LogP) is 4.10. The summed E-state index contributed by atoms with van der Waals surface area (Å²) in [7, 11) is 1.39. The molecule has 0 fully saturated rings. The van der Waals surface area contributed by atoms with Crippen LogP contribution in [0.2, 0.25) is 0 Å². The minimum atomic E-state index is -0.301. The lowest BCUT2D eigenvalue weighted by Gasteiger charge is -2.20. The summed E-state index contributed by atoms with van der Waals surface area (Å²) in [5, 5.41) is 0. The number of allylic oxidation sites excluding steroid dienone is 3. The smallest absolute Gasteiger partial charge is 0.330 e. The van der Waals surface area contributed by atoms with Gasteiger partial charge in [-0.05, 0) is 30.7 Å². The largest absolute Gasteiger partial charge is 0.466 e. The Balaban J connectivity index is 2.85. The van der Waals surface area contributed by atoms with Gasteiger partial charge in [-0.3, -0.25) is 0 Å². The summed E-state index contributed by atoms with van der Waals surface area (Å²) in [5.41, 5.74) is 1.29. The fraction of sp³-hybridized carbons (Fsp3) is 0.353. The molecule has 1 aromatic carbocycles. The van der Waals surface area contributed by atoms with Crippen molar-refractivity contribution in [2.45, 2.75) is 26.2 Å². The molecule has 2 atom stereocenters. The zero-order valence-corrected chi connectivity index (χ0v) is 11.9. The highest BCUT2D eigenvalue weighted by Gasteiger charge is 2.16. The molecular formula is C17H22O2. The quantitative estimate of drug-likeness (QED) is 0.436. The molecule has 2 heteroatoms. The second kappa shape index (κ2) is 8.30. The van der Waals surface area contributed by atoms with Gasteiger partial charge in [0.15, 0.2) is 0 Å². The SMILES string of the molecule is CC=CCC(c1ccccc1)C(C)C=CC(=O)OC. The van der Waals surface area contributed by atoms with Crippen molar-refractivity contribution in [2.75, 3.05) is 7.11 Å². The van der Waals surface area contributed by atoms with E-state index in [1.54, 1.807) is 0 Å². The Labute approximate surface area is 115 Å². The molecule has 1 aromatic rings. The molecule has 0 spiro atoms. The number of methoxy groups -OCH3 is 1. The van der Waals surface area contributed by atoms with Crippen molar-refractivity contribution in [2.24, 2.45) is 5.92 Å². The number of carbonyl (C=O) groups is 1. The Hall–Kier alpha value is -1.83. The van der Waals surface area contributed by atoms with Gasteiger partial charge in [-0.15, -0.1) is 0 Å². The first-order valence-electron chi connectivity index (χ1n) is 6.61. The summed E-state index contributed by atoms with van der Waals surface area (Å²) in [6.45, 7) is 4.15. The summed E-state index contributed by atoms with van der Waals surface area (Å²) in [4.78, 5) is 11.2. The van der Waals surface area contributed by atoms with E-state index in [-0.39, 0.29) is 11.9 Å². The Morgan fingerprint density at radius 2 is 2.00 bits per heavy atom. The predicted molar refractivity (Wildman–Crippen MR) is 78.9 cm³/mol. The number of rotatable bonds is 6. The molecule has 0 amide bonds. The van der Waals surface area contributed by atoms with E-state index in [9.17, 15) is 4.79 Å². The lowest BCUT2D eigenvalue weighted by Crippen LogP contribution is -2.08. The average Bonchev–Trinajstić information content (AvgIpc) is 2.46. The van der Waals surface area contributed by atoms with E-state index in [0.29, 0.717) is 5.92 Å². The van der Waals surface area contributed by atoms with Crippen LogP contribution in [-0.4, -0.2) is 13.1 Å². The standard InChI is InChI=1S/C17H22O2/c1-4-5-11-16(15-9-7-6-8-10-15)14(2)12-13-17(18)19-3/h4-10,12-14,16H,11H2,1-3H3. The van der Waals surface area contributed by atoms with E-state index in [2.05, 4.69) is 48.1 Å². The van der Waals surface area contributed by atoms with Crippen LogP contribution >= 0.6 is 0 Å². The molecule has 0 saturated heterocycles. The minimum Gasteiger partial charge on any atom is -0.466 e. The molecule has 0 aliphatic carbocycles. The third-order valence-corrected chi connectivity index (χ3v) is 3.23. The highest BCUT2D eigenvalue weighted by molar-refractivity contribution is 5.81. The van der Waals surface area contributed by atoms with Crippen molar-refractivity contribution in [3.05, 3.63) is 60.2 Å². The third kappa shape index (κ3) is 5.12. The molecule has 0 bridgehead atoms. The van der Waals surface area contributed by atoms with Crippen LogP contribution in [-0.2, 0) is 9.53 Å². The molecular weight excluding hydrogens is 236 g/mol. The second-order valence-electron chi connectivity index (χ2n) is 4.56. The Kier molecular flexibility index (Phi) is 6.65. The van der Waals surface area contributed by atoms with Gasteiger partial charge in [0.05, 0.1) is 7.11 Å². The molecule has 1 rings (SSSR count). The summed E-state index contributed by atoms with van der Waals surface area (Å²) >= 11 is 0. The molecule has 0 aromatic heterocycles. The summed E-state index contributed by atoms with van der Waals surface area (Å²) in [6, 6.07) is 10.4. The van der Waals surface area contributed by atoms with Crippen LogP contribution in [0.3, 0.4) is 0 Å². The normalized spacial score (nSPS) is 14.7. The number of hydrogen-bond donors (Lipinski definition) is 0. The highest BCUT2D eigenvalue weighted by atomic mass is 16.5. The van der Waals surface area contributed by atoms with Crippen molar-refractivity contribution < 1.29 is 9.53 Å². The van der Waals surface area contributed by atoms with Crippen LogP contribution < -0.4 is 0 Å². The monoisotopic (exact) mass is 258 g/mol. The number of hydrogen-bond acceptors (Lipinski definition) is 2. The van der Waals surface area contributed by atoms with Crippen LogP contribution in [0.1, 0.15) is 31.7 Å². The molecule has 0 saturated carbocycles. The average molecular weight is 258 g/mol. The fourth-order valence-corrected chi connectivity index (χ4v) is 2.07. The first-order valence-corrected chi connectivity index (χ1v) is 6.61. The van der Waals surface area contributed by atoms with E-state index in [1.807, 2.05) is 19.1 Å². The van der Waals surface area contributed by atoms with Gasteiger partial charge in [-0.25, -0.2) is 4.79 Å². The Morgan fingerprint density at radius 3 is 2.58 bits per heavy atom. The first kappa shape index (κ1) is 15.2. The molecule has 0 aliphatic heterocycles. The number of benzene rings is 1. The van der Waals surface area contributed by atoms with Crippen LogP contribution in [0, 0.1) is 5.92 Å². The molecule has 2 unspecified atom stereocenters. The maximum absolute atomic E-state index is 11.2. The number of carbonyl (C=O) groups excluding carboxylic acids is 1. The van der Waals surface area contributed by atoms with E-state index in [0.717, 1.165) is 6.42 Å². The van der Waals surface area contributed by atoms with Crippen molar-refractivity contribution >= 4 is 5.97 Å². The van der Waals surface area contributed by atoms with E-state index < -0.39 is 0 Å². The lowest BCUT2D eigenvalue weighted by molar-refractivity contribution is -0.134. The van der Waals surface area contributed by atoms with Crippen molar-refractivity contribution in [3.8, 4) is 0 Å². The molecule has 102 valence electrons. The highest BCUT2D eigenvalue weighted by Crippen LogP contribution is 2.29. The van der Waals surface area contributed by atoms with Gasteiger partial charge < -0.3 is 4.74 Å². The molecule has 0 heterocycles. The van der Waals surface area contributed by atoms with Crippen LogP contribution in [0.5, 0.6) is 0 Å². The first-order chi connectivity index (χ1) is 9.19. The van der Waals surface area contributed by atoms with Crippen LogP contribution in [0.25, 0.3) is 0 Å². The van der Waals surface area contributed by atoms with E-state index in [4.69, 9.17) is 0 Å². The zero-order chi connectivity index (χ0) is 14.1. The van der Waals surface area contributed by atoms with Gasteiger partial charge in [0.25, 0.3) is 0 Å². The van der Waals surface area contributed by atoms with Gasteiger partial charge in [-0.2, -0.15) is 0 Å². The van der Waals surface area contributed by atoms with Crippen molar-refractivity contribution in [1.29, 1.82) is 0 Å². The van der Waals surface area contributed by atoms with Crippen LogP contribution in [0.4, 0.5) is 0 Å². The van der Waals surface area contributed by atoms with Crippen molar-refractivity contribution in [1.82, 2.24) is 0 Å². The van der Waals surface area contributed by atoms with Gasteiger partial charge in [0, 0.05) is 6.08 Å². The van der Waals surface area contributed by atoms with E-state index in [1.165, 1.54) is 18.7 Å². The van der Waals surface area contributed by atoms with Gasteiger partial charge in [-0.1, -0.05) is 55.5 Å². The minimum absolute atomic E-state index is 0.276. The fourth-order valence-electron chi connectivity index (χ4n) is 2.07. The Morgan fingerprint density at radius 1 is 1.32 bits per heavy atom. The topological polar surface area (TPSA) is 26.3 Å². The summed E-state index contributed by atoms with van der Waals surface area (Å²) < 4.78 is 4.63. The van der Waals surface area contributed by atoms with E-state index >= 15 is 0 Å².